The average Bonchev–Trinajstić information content (AvgIpc) is 2.81. The third-order valence-electron chi connectivity index (χ3n) is 3.05. The molecule has 0 fully saturated rings. The number of sulfonamides is 1. The van der Waals surface area contributed by atoms with E-state index in [1.54, 1.807) is 37.2 Å². The van der Waals surface area contributed by atoms with Gasteiger partial charge in [0.25, 0.3) is 10.0 Å². The molecule has 0 aliphatic carbocycles. The normalized spacial score (nSPS) is 11.3. The molecule has 0 aliphatic heterocycles. The standard InChI is InChI=1S/C14H15ClN2O5S/c1-8-12(7-11(22-8)14(18)19)23(20,21)16-10-6-4-5-9(15)13(10)17(2)3/h4-7,16H,1-3H3,(H,18,19). The third kappa shape index (κ3) is 3.43. The van der Waals surface area contributed by atoms with Crippen molar-refractivity contribution in [1.29, 1.82) is 0 Å². The molecule has 0 aliphatic rings. The van der Waals surface area contributed by atoms with Gasteiger partial charge in [-0.05, 0) is 19.1 Å². The first-order valence-corrected chi connectivity index (χ1v) is 8.32. The lowest BCUT2D eigenvalue weighted by Gasteiger charge is -2.19. The summed E-state index contributed by atoms with van der Waals surface area (Å²) in [6.45, 7) is 1.38. The topological polar surface area (TPSA) is 99.8 Å². The Morgan fingerprint density at radius 2 is 2.00 bits per heavy atom. The van der Waals surface area contributed by atoms with Crippen molar-refractivity contribution in [3.05, 3.63) is 40.8 Å². The number of hydrogen-bond donors (Lipinski definition) is 2. The van der Waals surface area contributed by atoms with Gasteiger partial charge in [0.2, 0.25) is 5.76 Å². The molecule has 0 saturated carbocycles. The summed E-state index contributed by atoms with van der Waals surface area (Å²) in [6, 6.07) is 5.78. The summed E-state index contributed by atoms with van der Waals surface area (Å²) < 4.78 is 32.4. The van der Waals surface area contributed by atoms with Gasteiger partial charge in [0.05, 0.1) is 16.4 Å². The minimum Gasteiger partial charge on any atom is -0.475 e. The van der Waals surface area contributed by atoms with Crippen LogP contribution in [0.2, 0.25) is 5.02 Å². The maximum Gasteiger partial charge on any atom is 0.371 e. The van der Waals surface area contributed by atoms with Gasteiger partial charge in [-0.25, -0.2) is 13.2 Å². The first kappa shape index (κ1) is 17.2. The Hall–Kier alpha value is -2.19. The second-order valence-electron chi connectivity index (χ2n) is 4.97. The minimum atomic E-state index is -4.02. The predicted molar refractivity (Wildman–Crippen MR) is 87.0 cm³/mol. The fourth-order valence-corrected chi connectivity index (χ4v) is 3.68. The van der Waals surface area contributed by atoms with E-state index >= 15 is 0 Å². The highest BCUT2D eigenvalue weighted by atomic mass is 35.5. The Labute approximate surface area is 138 Å². The van der Waals surface area contributed by atoms with Crippen molar-refractivity contribution in [3.63, 3.8) is 0 Å². The number of benzene rings is 1. The van der Waals surface area contributed by atoms with Crippen molar-refractivity contribution < 1.29 is 22.7 Å². The Kier molecular flexibility index (Phi) is 4.58. The Morgan fingerprint density at radius 1 is 1.35 bits per heavy atom. The van der Waals surface area contributed by atoms with Gasteiger partial charge in [0.15, 0.2) is 0 Å². The van der Waals surface area contributed by atoms with Crippen LogP contribution in [0.1, 0.15) is 16.3 Å². The van der Waals surface area contributed by atoms with E-state index in [1.165, 1.54) is 6.92 Å². The molecule has 0 amide bonds. The molecular formula is C14H15ClN2O5S. The quantitative estimate of drug-likeness (QED) is 0.852. The van der Waals surface area contributed by atoms with E-state index in [0.29, 0.717) is 10.7 Å². The van der Waals surface area contributed by atoms with Crippen LogP contribution in [0.4, 0.5) is 11.4 Å². The van der Waals surface area contributed by atoms with Gasteiger partial charge in [-0.15, -0.1) is 0 Å². The number of carboxylic acid groups (broad SMARTS) is 1. The van der Waals surface area contributed by atoms with E-state index in [4.69, 9.17) is 21.1 Å². The molecule has 0 atom stereocenters. The number of halogens is 1. The fourth-order valence-electron chi connectivity index (χ4n) is 2.09. The Balaban J connectivity index is 2.48. The molecule has 23 heavy (non-hydrogen) atoms. The minimum absolute atomic E-state index is 0.0108. The predicted octanol–water partition coefficient (Wildman–Crippen LogP) is 2.81. The molecule has 0 unspecified atom stereocenters. The number of carbonyl (C=O) groups is 1. The number of aromatic carboxylic acids is 1. The summed E-state index contributed by atoms with van der Waals surface area (Å²) in [5, 5.41) is 9.28. The molecule has 2 rings (SSSR count). The number of anilines is 2. The molecule has 124 valence electrons. The first-order valence-electron chi connectivity index (χ1n) is 6.46. The molecule has 0 bridgehead atoms. The highest BCUT2D eigenvalue weighted by Gasteiger charge is 2.25. The summed E-state index contributed by atoms with van der Waals surface area (Å²) >= 11 is 6.10. The van der Waals surface area contributed by atoms with Crippen molar-refractivity contribution in [2.75, 3.05) is 23.7 Å². The lowest BCUT2D eigenvalue weighted by atomic mass is 10.2. The van der Waals surface area contributed by atoms with Crippen LogP contribution in [-0.4, -0.2) is 33.6 Å². The van der Waals surface area contributed by atoms with Gasteiger partial charge in [0.1, 0.15) is 10.7 Å². The van der Waals surface area contributed by atoms with Gasteiger partial charge in [-0.1, -0.05) is 17.7 Å². The smallest absolute Gasteiger partial charge is 0.371 e. The van der Waals surface area contributed by atoms with E-state index in [-0.39, 0.29) is 16.3 Å². The molecular weight excluding hydrogens is 344 g/mol. The van der Waals surface area contributed by atoms with E-state index in [1.807, 2.05) is 0 Å². The van der Waals surface area contributed by atoms with Gasteiger partial charge < -0.3 is 14.4 Å². The van der Waals surface area contributed by atoms with Crippen molar-refractivity contribution >= 4 is 39.0 Å². The summed E-state index contributed by atoms with van der Waals surface area (Å²) in [7, 11) is -0.568. The lowest BCUT2D eigenvalue weighted by molar-refractivity contribution is 0.0661. The molecule has 0 radical (unpaired) electrons. The van der Waals surface area contributed by atoms with Gasteiger partial charge in [-0.2, -0.15) is 0 Å². The molecule has 0 spiro atoms. The van der Waals surface area contributed by atoms with Gasteiger partial charge >= 0.3 is 5.97 Å². The van der Waals surface area contributed by atoms with Crippen molar-refractivity contribution in [1.82, 2.24) is 0 Å². The van der Waals surface area contributed by atoms with Crippen LogP contribution >= 0.6 is 11.6 Å². The zero-order valence-electron chi connectivity index (χ0n) is 12.6. The van der Waals surface area contributed by atoms with E-state index in [9.17, 15) is 13.2 Å². The summed E-state index contributed by atoms with van der Waals surface area (Å²) in [6.07, 6.45) is 0. The number of hydrogen-bond acceptors (Lipinski definition) is 5. The SMILES string of the molecule is Cc1oc(C(=O)O)cc1S(=O)(=O)Nc1cccc(Cl)c1N(C)C. The summed E-state index contributed by atoms with van der Waals surface area (Å²) in [5.74, 6) is -1.79. The van der Waals surface area contributed by atoms with Crippen molar-refractivity contribution in [2.24, 2.45) is 0 Å². The zero-order chi connectivity index (χ0) is 17.4. The van der Waals surface area contributed by atoms with Gasteiger partial charge in [0, 0.05) is 20.2 Å². The molecule has 1 heterocycles. The summed E-state index contributed by atoms with van der Waals surface area (Å²) in [4.78, 5) is 12.3. The van der Waals surface area contributed by atoms with Crippen molar-refractivity contribution in [3.8, 4) is 0 Å². The second kappa shape index (κ2) is 6.13. The molecule has 7 nitrogen and oxygen atoms in total. The number of aryl methyl sites for hydroxylation is 1. The number of carboxylic acids is 1. The maximum atomic E-state index is 12.5. The average molecular weight is 359 g/mol. The van der Waals surface area contributed by atoms with Gasteiger partial charge in [-0.3, -0.25) is 4.72 Å². The summed E-state index contributed by atoms with van der Waals surface area (Å²) in [5.41, 5.74) is 0.775. The van der Waals surface area contributed by atoms with E-state index in [2.05, 4.69) is 4.72 Å². The highest BCUT2D eigenvalue weighted by Crippen LogP contribution is 2.34. The Bertz CT molecular complexity index is 858. The number of para-hydroxylation sites is 1. The second-order valence-corrected chi connectivity index (χ2v) is 7.03. The molecule has 2 N–H and O–H groups in total. The third-order valence-corrected chi connectivity index (χ3v) is 4.83. The van der Waals surface area contributed by atoms with Crippen LogP contribution in [0.15, 0.2) is 33.6 Å². The van der Waals surface area contributed by atoms with Crippen LogP contribution in [0.3, 0.4) is 0 Å². The van der Waals surface area contributed by atoms with Crippen LogP contribution in [0.5, 0.6) is 0 Å². The zero-order valence-corrected chi connectivity index (χ0v) is 14.2. The monoisotopic (exact) mass is 358 g/mol. The molecule has 1 aromatic heterocycles. The first-order chi connectivity index (χ1) is 10.6. The maximum absolute atomic E-state index is 12.5. The fraction of sp³-hybridized carbons (Fsp3) is 0.214. The number of rotatable bonds is 5. The number of nitrogens with zero attached hydrogens (tertiary/aromatic N) is 1. The van der Waals surface area contributed by atoms with E-state index in [0.717, 1.165) is 6.07 Å². The molecule has 0 saturated heterocycles. The number of furan rings is 1. The van der Waals surface area contributed by atoms with Crippen LogP contribution in [0, 0.1) is 6.92 Å². The van der Waals surface area contributed by atoms with Crippen LogP contribution < -0.4 is 9.62 Å². The highest BCUT2D eigenvalue weighted by molar-refractivity contribution is 7.92. The Morgan fingerprint density at radius 3 is 2.52 bits per heavy atom. The van der Waals surface area contributed by atoms with E-state index < -0.39 is 21.8 Å². The molecule has 1 aromatic carbocycles. The van der Waals surface area contributed by atoms with Crippen LogP contribution in [0.25, 0.3) is 0 Å². The van der Waals surface area contributed by atoms with Crippen LogP contribution in [-0.2, 0) is 10.0 Å². The largest absolute Gasteiger partial charge is 0.475 e. The van der Waals surface area contributed by atoms with Crippen molar-refractivity contribution in [2.45, 2.75) is 11.8 Å². The molecule has 9 heteroatoms. The number of nitrogens with one attached hydrogen (secondary N) is 1. The molecule has 2 aromatic rings. The lowest BCUT2D eigenvalue weighted by Crippen LogP contribution is -2.17.